The van der Waals surface area contributed by atoms with Crippen molar-refractivity contribution in [1.29, 1.82) is 0 Å². The van der Waals surface area contributed by atoms with Gasteiger partial charge in [0.1, 0.15) is 10.8 Å². The monoisotopic (exact) mass is 433 g/mol. The van der Waals surface area contributed by atoms with Crippen LogP contribution in [0.2, 0.25) is 0 Å². The van der Waals surface area contributed by atoms with Gasteiger partial charge < -0.3 is 4.74 Å². The summed E-state index contributed by atoms with van der Waals surface area (Å²) in [6, 6.07) is 7.82. The van der Waals surface area contributed by atoms with Gasteiger partial charge in [0.25, 0.3) is 10.0 Å². The summed E-state index contributed by atoms with van der Waals surface area (Å²) in [4.78, 5) is 12.2. The van der Waals surface area contributed by atoms with Crippen molar-refractivity contribution >= 4 is 27.3 Å². The van der Waals surface area contributed by atoms with E-state index in [1.807, 2.05) is 0 Å². The summed E-state index contributed by atoms with van der Waals surface area (Å²) in [5.74, 6) is -0.994. The van der Waals surface area contributed by atoms with Crippen LogP contribution in [0.3, 0.4) is 0 Å². The smallest absolute Gasteiger partial charge is 0.416 e. The van der Waals surface area contributed by atoms with Gasteiger partial charge in [-0.15, -0.1) is 11.3 Å². The van der Waals surface area contributed by atoms with Crippen molar-refractivity contribution in [2.24, 2.45) is 5.92 Å². The molecule has 1 aromatic heterocycles. The fraction of sp³-hybridized carbons (Fsp3) is 0.389. The lowest BCUT2D eigenvalue weighted by Gasteiger charge is -2.29. The van der Waals surface area contributed by atoms with E-state index in [0.29, 0.717) is 12.8 Å². The van der Waals surface area contributed by atoms with E-state index in [2.05, 4.69) is 0 Å². The molecule has 0 bridgehead atoms. The van der Waals surface area contributed by atoms with Crippen LogP contribution in [0.4, 0.5) is 13.2 Å². The number of benzene rings is 1. The summed E-state index contributed by atoms with van der Waals surface area (Å²) in [6.45, 7) is 0.142. The van der Waals surface area contributed by atoms with E-state index in [9.17, 15) is 26.4 Å². The number of sulfonamides is 1. The largest absolute Gasteiger partial charge is 0.461 e. The Balaban J connectivity index is 1.53. The molecule has 1 saturated heterocycles. The summed E-state index contributed by atoms with van der Waals surface area (Å²) in [5.41, 5.74) is -0.547. The molecule has 1 aliphatic heterocycles. The van der Waals surface area contributed by atoms with E-state index in [-0.39, 0.29) is 29.5 Å². The van der Waals surface area contributed by atoms with Crippen LogP contribution in [0.15, 0.2) is 46.0 Å². The van der Waals surface area contributed by atoms with Crippen molar-refractivity contribution < 1.29 is 31.1 Å². The Morgan fingerprint density at radius 2 is 1.89 bits per heavy atom. The molecule has 1 fully saturated rings. The quantitative estimate of drug-likeness (QED) is 0.671. The maximum Gasteiger partial charge on any atom is 0.416 e. The molecule has 0 saturated carbocycles. The lowest BCUT2D eigenvalue weighted by Crippen LogP contribution is -2.40. The van der Waals surface area contributed by atoms with Crippen LogP contribution < -0.4 is 0 Å². The lowest BCUT2D eigenvalue weighted by atomic mass is 9.98. The number of carbonyl (C=O) groups is 1. The summed E-state index contributed by atoms with van der Waals surface area (Å²) in [7, 11) is -3.55. The molecule has 10 heteroatoms. The molecule has 152 valence electrons. The third-order valence-electron chi connectivity index (χ3n) is 4.51. The third-order valence-corrected chi connectivity index (χ3v) is 7.78. The number of alkyl halides is 3. The fourth-order valence-electron chi connectivity index (χ4n) is 2.98. The van der Waals surface area contributed by atoms with Crippen molar-refractivity contribution in [3.63, 3.8) is 0 Å². The maximum absolute atomic E-state index is 12.7. The number of rotatable bonds is 5. The first-order valence-electron chi connectivity index (χ1n) is 8.54. The average Bonchev–Trinajstić information content (AvgIpc) is 3.21. The van der Waals surface area contributed by atoms with E-state index < -0.39 is 33.7 Å². The number of carbonyl (C=O) groups excluding carboxylic acids is 1. The first kappa shape index (κ1) is 20.8. The van der Waals surface area contributed by atoms with Crippen LogP contribution in [0.5, 0.6) is 0 Å². The molecule has 2 aromatic rings. The summed E-state index contributed by atoms with van der Waals surface area (Å²) in [5, 5.41) is 1.69. The highest BCUT2D eigenvalue weighted by Crippen LogP contribution is 2.30. The highest BCUT2D eigenvalue weighted by molar-refractivity contribution is 7.91. The molecule has 3 rings (SSSR count). The molecular weight excluding hydrogens is 415 g/mol. The highest BCUT2D eigenvalue weighted by atomic mass is 32.2. The Hall–Kier alpha value is -1.91. The van der Waals surface area contributed by atoms with Gasteiger partial charge in [0.2, 0.25) is 0 Å². The van der Waals surface area contributed by atoms with E-state index in [4.69, 9.17) is 4.74 Å². The highest BCUT2D eigenvalue weighted by Gasteiger charge is 2.33. The van der Waals surface area contributed by atoms with Crippen LogP contribution in [0.25, 0.3) is 0 Å². The van der Waals surface area contributed by atoms with Crippen molar-refractivity contribution in [3.05, 3.63) is 52.9 Å². The van der Waals surface area contributed by atoms with E-state index in [1.165, 1.54) is 22.5 Å². The van der Waals surface area contributed by atoms with Gasteiger partial charge in [-0.3, -0.25) is 4.79 Å². The van der Waals surface area contributed by atoms with Crippen molar-refractivity contribution in [2.75, 3.05) is 13.1 Å². The van der Waals surface area contributed by atoms with E-state index >= 15 is 0 Å². The number of halogens is 3. The summed E-state index contributed by atoms with van der Waals surface area (Å²) in [6.07, 6.45) is -3.83. The second-order valence-electron chi connectivity index (χ2n) is 6.42. The summed E-state index contributed by atoms with van der Waals surface area (Å²) < 4.78 is 69.9. The van der Waals surface area contributed by atoms with Crippen molar-refractivity contribution in [3.8, 4) is 0 Å². The number of hydrogen-bond acceptors (Lipinski definition) is 5. The first-order chi connectivity index (χ1) is 13.2. The minimum absolute atomic E-state index is 0.198. The van der Waals surface area contributed by atoms with Crippen LogP contribution in [-0.4, -0.2) is 31.8 Å². The predicted octanol–water partition coefficient (Wildman–Crippen LogP) is 3.91. The Labute approximate surface area is 164 Å². The Morgan fingerprint density at radius 1 is 1.18 bits per heavy atom. The molecule has 1 aromatic carbocycles. The second kappa shape index (κ2) is 8.22. The molecule has 0 atom stereocenters. The zero-order chi connectivity index (χ0) is 20.4. The van der Waals surface area contributed by atoms with Gasteiger partial charge in [-0.1, -0.05) is 18.2 Å². The van der Waals surface area contributed by atoms with Gasteiger partial charge in [-0.05, 0) is 42.0 Å². The molecule has 0 radical (unpaired) electrons. The van der Waals surface area contributed by atoms with Gasteiger partial charge in [0, 0.05) is 13.1 Å². The topological polar surface area (TPSA) is 63.7 Å². The van der Waals surface area contributed by atoms with Gasteiger partial charge in [-0.2, -0.15) is 17.5 Å². The molecule has 2 heterocycles. The zero-order valence-corrected chi connectivity index (χ0v) is 16.3. The molecule has 0 unspecified atom stereocenters. The number of hydrogen-bond donors (Lipinski definition) is 0. The van der Waals surface area contributed by atoms with Gasteiger partial charge >= 0.3 is 12.1 Å². The SMILES string of the molecule is O=C(OCc1cccc(C(F)(F)F)c1)C1CCN(S(=O)(=O)c2cccs2)CC1. The predicted molar refractivity (Wildman–Crippen MR) is 97.0 cm³/mol. The molecule has 0 spiro atoms. The molecule has 28 heavy (non-hydrogen) atoms. The first-order valence-corrected chi connectivity index (χ1v) is 10.9. The van der Waals surface area contributed by atoms with Crippen molar-refractivity contribution in [1.82, 2.24) is 4.31 Å². The van der Waals surface area contributed by atoms with Crippen LogP contribution in [0, 0.1) is 5.92 Å². The fourth-order valence-corrected chi connectivity index (χ4v) is 5.59. The van der Waals surface area contributed by atoms with E-state index in [1.54, 1.807) is 11.4 Å². The molecule has 1 aliphatic rings. The minimum Gasteiger partial charge on any atom is -0.461 e. The summed E-state index contributed by atoms with van der Waals surface area (Å²) >= 11 is 1.14. The molecule has 0 aliphatic carbocycles. The molecule has 5 nitrogen and oxygen atoms in total. The average molecular weight is 433 g/mol. The normalized spacial score (nSPS) is 16.8. The van der Waals surface area contributed by atoms with Gasteiger partial charge in [-0.25, -0.2) is 8.42 Å². The molecule has 0 N–H and O–H groups in total. The lowest BCUT2D eigenvalue weighted by molar-refractivity contribution is -0.151. The number of ether oxygens (including phenoxy) is 1. The number of thiophene rings is 1. The van der Waals surface area contributed by atoms with Crippen LogP contribution >= 0.6 is 11.3 Å². The third kappa shape index (κ3) is 4.73. The van der Waals surface area contributed by atoms with Gasteiger partial charge in [0.05, 0.1) is 11.5 Å². The number of piperidine rings is 1. The molecule has 0 amide bonds. The Kier molecular flexibility index (Phi) is 6.11. The minimum atomic E-state index is -4.46. The number of nitrogens with zero attached hydrogens (tertiary/aromatic N) is 1. The van der Waals surface area contributed by atoms with Crippen LogP contribution in [0.1, 0.15) is 24.0 Å². The number of esters is 1. The van der Waals surface area contributed by atoms with Crippen LogP contribution in [-0.2, 0) is 32.3 Å². The van der Waals surface area contributed by atoms with E-state index in [0.717, 1.165) is 23.5 Å². The second-order valence-corrected chi connectivity index (χ2v) is 9.53. The Morgan fingerprint density at radius 3 is 2.50 bits per heavy atom. The standard InChI is InChI=1S/C18H18F3NO4S2/c19-18(20,21)15-4-1-3-13(11-15)12-26-17(23)14-6-8-22(9-7-14)28(24,25)16-5-2-10-27-16/h1-5,10-11,14H,6-9,12H2. The zero-order valence-electron chi connectivity index (χ0n) is 14.7. The van der Waals surface area contributed by atoms with Gasteiger partial charge in [0.15, 0.2) is 0 Å². The maximum atomic E-state index is 12.7. The Bertz CT molecular complexity index is 919. The van der Waals surface area contributed by atoms with Crippen molar-refractivity contribution in [2.45, 2.75) is 29.8 Å². The molecular formula is C18H18F3NO4S2.